The summed E-state index contributed by atoms with van der Waals surface area (Å²) >= 11 is 3.05. The number of nitrogens with zero attached hydrogens (tertiary/aromatic N) is 3. The van der Waals surface area contributed by atoms with Crippen molar-refractivity contribution in [3.05, 3.63) is 72.6 Å². The van der Waals surface area contributed by atoms with E-state index in [1.54, 1.807) is 47.3 Å². The molecule has 0 N–H and O–H groups in total. The van der Waals surface area contributed by atoms with Gasteiger partial charge in [0, 0.05) is 23.7 Å². The van der Waals surface area contributed by atoms with E-state index in [1.165, 1.54) is 30.6 Å². The van der Waals surface area contributed by atoms with Crippen molar-refractivity contribution in [3.63, 3.8) is 0 Å². The van der Waals surface area contributed by atoms with Crippen LogP contribution in [0.1, 0.15) is 12.0 Å². The van der Waals surface area contributed by atoms with E-state index < -0.39 is 9.84 Å². The van der Waals surface area contributed by atoms with Crippen LogP contribution in [0.2, 0.25) is 0 Å². The van der Waals surface area contributed by atoms with Gasteiger partial charge in [-0.15, -0.1) is 11.8 Å². The number of ether oxygens (including phenoxy) is 1. The third-order valence-electron chi connectivity index (χ3n) is 5.18. The molecule has 0 aliphatic heterocycles. The fourth-order valence-electron chi connectivity index (χ4n) is 3.33. The Bertz CT molecular complexity index is 1390. The molecule has 0 fully saturated rings. The van der Waals surface area contributed by atoms with Crippen LogP contribution in [0.25, 0.3) is 10.2 Å². The minimum Gasteiger partial charge on any atom is -0.497 e. The molecule has 0 saturated heterocycles. The number of hydrogen-bond acceptors (Lipinski definition) is 8. The zero-order chi connectivity index (χ0) is 24.1. The van der Waals surface area contributed by atoms with Crippen molar-refractivity contribution in [2.24, 2.45) is 0 Å². The van der Waals surface area contributed by atoms with E-state index in [1.807, 2.05) is 30.5 Å². The van der Waals surface area contributed by atoms with Gasteiger partial charge in [-0.2, -0.15) is 0 Å². The molecule has 0 radical (unpaired) electrons. The molecule has 0 aliphatic carbocycles. The molecule has 0 aliphatic rings. The van der Waals surface area contributed by atoms with Crippen LogP contribution in [-0.4, -0.2) is 43.4 Å². The fraction of sp³-hybridized carbons (Fsp3) is 0.208. The van der Waals surface area contributed by atoms with Crippen LogP contribution in [0.15, 0.2) is 76.8 Å². The molecular formula is C24H23N3O4S3. The second-order valence-electron chi connectivity index (χ2n) is 7.42. The van der Waals surface area contributed by atoms with Gasteiger partial charge < -0.3 is 4.74 Å². The third kappa shape index (κ3) is 5.57. The molecule has 0 atom stereocenters. The Balaban J connectivity index is 1.58. The van der Waals surface area contributed by atoms with Gasteiger partial charge in [-0.1, -0.05) is 17.4 Å². The summed E-state index contributed by atoms with van der Waals surface area (Å²) in [4.78, 5) is 24.9. The Kier molecular flexibility index (Phi) is 7.50. The number of benzene rings is 2. The number of rotatable bonds is 9. The minimum atomic E-state index is -3.64. The maximum atomic E-state index is 13.3. The highest BCUT2D eigenvalue weighted by molar-refractivity contribution is 7.98. The van der Waals surface area contributed by atoms with Crippen LogP contribution in [0.5, 0.6) is 5.75 Å². The SMILES string of the molecule is COc1ccc(S(=O)(=O)CCC(=O)N(Cc2cccnc2)c2nc3ccc(SC)cc3s2)cc1. The number of sulfone groups is 1. The number of fused-ring (bicyclic) bond motifs is 1. The van der Waals surface area contributed by atoms with Gasteiger partial charge >= 0.3 is 0 Å². The van der Waals surface area contributed by atoms with E-state index in [-0.39, 0.29) is 29.5 Å². The fourth-order valence-corrected chi connectivity index (χ4v) is 6.10. The summed E-state index contributed by atoms with van der Waals surface area (Å²) in [6.07, 6.45) is 5.19. The third-order valence-corrected chi connectivity index (χ3v) is 8.68. The summed E-state index contributed by atoms with van der Waals surface area (Å²) in [6.45, 7) is 0.254. The Morgan fingerprint density at radius 3 is 2.62 bits per heavy atom. The molecule has 34 heavy (non-hydrogen) atoms. The summed E-state index contributed by atoms with van der Waals surface area (Å²) in [5.41, 5.74) is 1.63. The van der Waals surface area contributed by atoms with Gasteiger partial charge in [-0.05, 0) is 60.4 Å². The molecule has 1 amide bonds. The van der Waals surface area contributed by atoms with Gasteiger partial charge in [0.05, 0.1) is 34.5 Å². The van der Waals surface area contributed by atoms with Gasteiger partial charge in [0.2, 0.25) is 5.91 Å². The average molecular weight is 514 g/mol. The van der Waals surface area contributed by atoms with Crippen LogP contribution in [0.3, 0.4) is 0 Å². The van der Waals surface area contributed by atoms with Crippen LogP contribution in [-0.2, 0) is 21.2 Å². The first kappa shape index (κ1) is 24.2. The van der Waals surface area contributed by atoms with E-state index in [4.69, 9.17) is 4.74 Å². The lowest BCUT2D eigenvalue weighted by Crippen LogP contribution is -2.31. The zero-order valence-corrected chi connectivity index (χ0v) is 21.1. The second kappa shape index (κ2) is 10.5. The smallest absolute Gasteiger partial charge is 0.230 e. The predicted octanol–water partition coefficient (Wildman–Crippen LogP) is 4.82. The second-order valence-corrected chi connectivity index (χ2v) is 11.4. The van der Waals surface area contributed by atoms with E-state index >= 15 is 0 Å². The lowest BCUT2D eigenvalue weighted by molar-refractivity contribution is -0.118. The Morgan fingerprint density at radius 1 is 1.15 bits per heavy atom. The van der Waals surface area contributed by atoms with E-state index in [9.17, 15) is 13.2 Å². The Labute approximate surface area is 206 Å². The number of amides is 1. The molecule has 10 heteroatoms. The molecular weight excluding hydrogens is 490 g/mol. The number of carbonyl (C=O) groups is 1. The quantitative estimate of drug-likeness (QED) is 0.297. The highest BCUT2D eigenvalue weighted by Gasteiger charge is 2.24. The number of carbonyl (C=O) groups excluding carboxylic acids is 1. The zero-order valence-electron chi connectivity index (χ0n) is 18.7. The monoisotopic (exact) mass is 513 g/mol. The first-order chi connectivity index (χ1) is 16.4. The van der Waals surface area contributed by atoms with Crippen molar-refractivity contribution >= 4 is 54.2 Å². The predicted molar refractivity (Wildman–Crippen MR) is 136 cm³/mol. The first-order valence-corrected chi connectivity index (χ1v) is 14.1. The Morgan fingerprint density at radius 2 is 1.94 bits per heavy atom. The van der Waals surface area contributed by atoms with Gasteiger partial charge in [-0.25, -0.2) is 13.4 Å². The molecule has 176 valence electrons. The summed E-state index contributed by atoms with van der Waals surface area (Å²) in [6, 6.07) is 15.8. The molecule has 4 aromatic rings. The normalized spacial score (nSPS) is 11.5. The summed E-state index contributed by atoms with van der Waals surface area (Å²) < 4.78 is 31.7. The van der Waals surface area contributed by atoms with Gasteiger partial charge in [0.25, 0.3) is 0 Å². The maximum absolute atomic E-state index is 13.3. The highest BCUT2D eigenvalue weighted by Crippen LogP contribution is 2.32. The molecule has 2 aromatic heterocycles. The number of pyridine rings is 1. The highest BCUT2D eigenvalue weighted by atomic mass is 32.2. The number of anilines is 1. The number of hydrogen-bond donors (Lipinski definition) is 0. The van der Waals surface area contributed by atoms with E-state index in [2.05, 4.69) is 9.97 Å². The molecule has 4 rings (SSSR count). The minimum absolute atomic E-state index is 0.157. The number of thiazole rings is 1. The molecule has 2 aromatic carbocycles. The van der Waals surface area contributed by atoms with Crippen LogP contribution >= 0.6 is 23.1 Å². The van der Waals surface area contributed by atoms with E-state index in [0.717, 1.165) is 20.7 Å². The lowest BCUT2D eigenvalue weighted by Gasteiger charge is -2.20. The molecule has 7 nitrogen and oxygen atoms in total. The van der Waals surface area contributed by atoms with Crippen molar-refractivity contribution in [2.45, 2.75) is 22.8 Å². The summed E-state index contributed by atoms with van der Waals surface area (Å²) in [7, 11) is -2.12. The molecule has 0 saturated carbocycles. The average Bonchev–Trinajstić information content (AvgIpc) is 3.29. The van der Waals surface area contributed by atoms with Crippen molar-refractivity contribution in [1.82, 2.24) is 9.97 Å². The molecule has 0 spiro atoms. The van der Waals surface area contributed by atoms with Crippen molar-refractivity contribution in [3.8, 4) is 5.75 Å². The van der Waals surface area contributed by atoms with E-state index in [0.29, 0.717) is 10.9 Å². The molecule has 0 bridgehead atoms. The molecule has 0 unspecified atom stereocenters. The Hall–Kier alpha value is -2.95. The van der Waals surface area contributed by atoms with Crippen LogP contribution in [0.4, 0.5) is 5.13 Å². The molecule has 2 heterocycles. The van der Waals surface area contributed by atoms with Crippen LogP contribution < -0.4 is 9.64 Å². The number of aromatic nitrogens is 2. The summed E-state index contributed by atoms with van der Waals surface area (Å²) in [5, 5.41) is 0.531. The number of methoxy groups -OCH3 is 1. The number of thioether (sulfide) groups is 1. The first-order valence-electron chi connectivity index (χ1n) is 10.4. The van der Waals surface area contributed by atoms with Crippen molar-refractivity contribution < 1.29 is 17.9 Å². The lowest BCUT2D eigenvalue weighted by atomic mass is 10.2. The van der Waals surface area contributed by atoms with Crippen molar-refractivity contribution in [2.75, 3.05) is 24.0 Å². The largest absolute Gasteiger partial charge is 0.497 e. The van der Waals surface area contributed by atoms with Crippen LogP contribution in [0, 0.1) is 0 Å². The van der Waals surface area contributed by atoms with Gasteiger partial charge in [0.15, 0.2) is 15.0 Å². The summed E-state index contributed by atoms with van der Waals surface area (Å²) in [5.74, 6) is -0.0494. The van der Waals surface area contributed by atoms with Gasteiger partial charge in [-0.3, -0.25) is 14.7 Å². The van der Waals surface area contributed by atoms with Gasteiger partial charge in [0.1, 0.15) is 5.75 Å². The topological polar surface area (TPSA) is 89.5 Å². The standard InChI is InChI=1S/C24H23N3O4S3/c1-31-18-5-8-20(9-6-18)34(29,30)13-11-23(28)27(16-17-4-3-12-25-15-17)24-26-21-10-7-19(32-2)14-22(21)33-24/h3-10,12,14-15H,11,13,16H2,1-2H3. The van der Waals surface area contributed by atoms with Crippen molar-refractivity contribution in [1.29, 1.82) is 0 Å². The maximum Gasteiger partial charge on any atom is 0.230 e.